The van der Waals surface area contributed by atoms with Gasteiger partial charge in [0.25, 0.3) is 0 Å². The van der Waals surface area contributed by atoms with Gasteiger partial charge in [0.2, 0.25) is 5.91 Å². The van der Waals surface area contributed by atoms with Gasteiger partial charge in [-0.25, -0.2) is 0 Å². The molecular weight excluding hydrogens is 380 g/mol. The number of benzene rings is 1. The van der Waals surface area contributed by atoms with Crippen LogP contribution in [0.5, 0.6) is 0 Å². The zero-order valence-electron chi connectivity index (χ0n) is 18.9. The summed E-state index contributed by atoms with van der Waals surface area (Å²) in [4.78, 5) is 14.3. The normalized spacial score (nSPS) is 25.7. The van der Waals surface area contributed by atoms with Gasteiger partial charge in [0, 0.05) is 33.4 Å². The van der Waals surface area contributed by atoms with Crippen molar-refractivity contribution in [2.45, 2.75) is 83.6 Å². The molecule has 1 unspecified atom stereocenters. The second kappa shape index (κ2) is 10.7. The maximum absolute atomic E-state index is 12.9. The van der Waals surface area contributed by atoms with Crippen molar-refractivity contribution in [3.8, 4) is 0 Å². The molecule has 0 aliphatic carbocycles. The van der Waals surface area contributed by atoms with Crippen LogP contribution in [-0.4, -0.2) is 44.1 Å². The Morgan fingerprint density at radius 3 is 2.17 bits per heavy atom. The minimum absolute atomic E-state index is 0.0961. The molecule has 5 heteroatoms. The molecule has 2 saturated heterocycles. The molecule has 2 aliphatic heterocycles. The van der Waals surface area contributed by atoms with Gasteiger partial charge in [-0.15, -0.1) is 0 Å². The third-order valence-corrected chi connectivity index (χ3v) is 8.38. The first kappa shape index (κ1) is 24.1. The van der Waals surface area contributed by atoms with Crippen LogP contribution in [0.3, 0.4) is 0 Å². The number of hydrogen-bond acceptors (Lipinski definition) is 3. The number of fused-ring (bicyclic) bond motifs is 2. The molecule has 2 N–H and O–H groups in total. The van der Waals surface area contributed by atoms with E-state index >= 15 is 0 Å². The Bertz CT molecular complexity index is 657. The molecule has 1 aromatic rings. The molecule has 0 aromatic heterocycles. The lowest BCUT2D eigenvalue weighted by Crippen LogP contribution is -2.50. The zero-order chi connectivity index (χ0) is 21.6. The van der Waals surface area contributed by atoms with E-state index < -0.39 is 10.8 Å². The Kier molecular flexibility index (Phi) is 8.90. The smallest absolute Gasteiger partial charge is 0.236 e. The summed E-state index contributed by atoms with van der Waals surface area (Å²) in [6.45, 7) is 10.3. The molecule has 0 radical (unpaired) electrons. The Morgan fingerprint density at radius 1 is 1.14 bits per heavy atom. The predicted octanol–water partition coefficient (Wildman–Crippen LogP) is 4.15. The molecule has 4 nitrogen and oxygen atoms in total. The van der Waals surface area contributed by atoms with Crippen LogP contribution >= 0.6 is 0 Å². The van der Waals surface area contributed by atoms with Crippen LogP contribution < -0.4 is 5.73 Å². The third-order valence-electron chi connectivity index (χ3n) is 6.29. The lowest BCUT2D eigenvalue weighted by molar-refractivity contribution is -0.135. The van der Waals surface area contributed by atoms with Crippen molar-refractivity contribution in [3.63, 3.8) is 0 Å². The first-order valence-corrected chi connectivity index (χ1v) is 12.5. The van der Waals surface area contributed by atoms with E-state index in [1.807, 2.05) is 19.9 Å². The number of rotatable bonds is 6. The van der Waals surface area contributed by atoms with Gasteiger partial charge in [-0.3, -0.25) is 9.00 Å². The zero-order valence-corrected chi connectivity index (χ0v) is 19.7. The summed E-state index contributed by atoms with van der Waals surface area (Å²) in [5.74, 6) is 1.76. The van der Waals surface area contributed by atoms with E-state index in [0.29, 0.717) is 23.9 Å². The minimum atomic E-state index is -0.864. The van der Waals surface area contributed by atoms with Crippen LogP contribution in [0.25, 0.3) is 0 Å². The molecule has 2 fully saturated rings. The highest BCUT2D eigenvalue weighted by atomic mass is 32.2. The summed E-state index contributed by atoms with van der Waals surface area (Å²) >= 11 is 0. The summed E-state index contributed by atoms with van der Waals surface area (Å²) in [5, 5.41) is 0. The van der Waals surface area contributed by atoms with Crippen LogP contribution in [0, 0.1) is 11.8 Å². The number of piperidine rings is 1. The quantitative estimate of drug-likeness (QED) is 0.752. The summed E-state index contributed by atoms with van der Waals surface area (Å²) < 4.78 is 12.7. The topological polar surface area (TPSA) is 63.4 Å². The van der Waals surface area contributed by atoms with Crippen LogP contribution in [-0.2, 0) is 22.0 Å². The minimum Gasteiger partial charge on any atom is -0.336 e. The number of carbonyl (C=O) groups excluding carboxylic acids is 1. The number of nitrogens with zero attached hydrogens (tertiary/aromatic N) is 1. The van der Waals surface area contributed by atoms with E-state index in [1.54, 1.807) is 0 Å². The fourth-order valence-corrected chi connectivity index (χ4v) is 6.12. The number of hydrogen-bond donors (Lipinski definition) is 1. The van der Waals surface area contributed by atoms with Gasteiger partial charge < -0.3 is 10.6 Å². The second-order valence-corrected chi connectivity index (χ2v) is 11.4. The highest BCUT2D eigenvalue weighted by molar-refractivity contribution is 7.86. The lowest BCUT2D eigenvalue weighted by Gasteiger charge is -2.42. The van der Waals surface area contributed by atoms with Crippen molar-refractivity contribution in [3.05, 3.63) is 35.9 Å². The number of nitrogens with two attached hydrogens (primary N) is 1. The van der Waals surface area contributed by atoms with E-state index in [-0.39, 0.29) is 17.2 Å². The monoisotopic (exact) mass is 420 g/mol. The third kappa shape index (κ3) is 6.14. The predicted molar refractivity (Wildman–Crippen MR) is 123 cm³/mol. The van der Waals surface area contributed by atoms with Crippen molar-refractivity contribution in [1.29, 1.82) is 0 Å². The van der Waals surface area contributed by atoms with Gasteiger partial charge in [-0.05, 0) is 70.3 Å². The molecule has 29 heavy (non-hydrogen) atoms. The van der Waals surface area contributed by atoms with Gasteiger partial charge in [0.15, 0.2) is 0 Å². The largest absolute Gasteiger partial charge is 0.336 e. The molecule has 3 rings (SSSR count). The molecule has 0 spiro atoms. The molecule has 1 amide bonds. The molecular formula is C24H40N2O2S. The van der Waals surface area contributed by atoms with Crippen molar-refractivity contribution < 1.29 is 9.00 Å². The molecule has 5 atom stereocenters. The average Bonchev–Trinajstić information content (AvgIpc) is 2.97. The van der Waals surface area contributed by atoms with E-state index in [1.165, 1.54) is 5.56 Å². The molecule has 0 saturated carbocycles. The highest BCUT2D eigenvalue weighted by Gasteiger charge is 2.45. The second-order valence-electron chi connectivity index (χ2n) is 9.20. The maximum Gasteiger partial charge on any atom is 0.236 e. The van der Waals surface area contributed by atoms with Crippen LogP contribution in [0.1, 0.15) is 65.9 Å². The first-order chi connectivity index (χ1) is 13.8. The van der Waals surface area contributed by atoms with E-state index in [2.05, 4.69) is 49.9 Å². The Balaban J connectivity index is 0.00000145. The average molecular weight is 421 g/mol. The fraction of sp³-hybridized carbons (Fsp3) is 0.708. The van der Waals surface area contributed by atoms with Crippen molar-refractivity contribution in [2.75, 3.05) is 12.3 Å². The summed E-state index contributed by atoms with van der Waals surface area (Å²) in [6.07, 6.45) is 5.21. The fourth-order valence-electron chi connectivity index (χ4n) is 4.84. The summed E-state index contributed by atoms with van der Waals surface area (Å²) in [6, 6.07) is 11.2. The number of amides is 1. The van der Waals surface area contributed by atoms with Gasteiger partial charge in [-0.1, -0.05) is 44.2 Å². The molecule has 164 valence electrons. The van der Waals surface area contributed by atoms with E-state index in [9.17, 15) is 9.00 Å². The Labute approximate surface area is 180 Å². The van der Waals surface area contributed by atoms with Gasteiger partial charge in [0.05, 0.1) is 6.54 Å². The SMILES string of the molecule is CC.CC(C)(C)[S@](=O)C[C@H](Cc1ccccc1)C1C[C@H]2CC[C@@H](C1)N2C(=O)CN. The number of carbonyl (C=O) groups is 1. The van der Waals surface area contributed by atoms with Gasteiger partial charge in [0.1, 0.15) is 0 Å². The maximum atomic E-state index is 12.9. The lowest BCUT2D eigenvalue weighted by atomic mass is 9.79. The van der Waals surface area contributed by atoms with Gasteiger partial charge >= 0.3 is 0 Å². The van der Waals surface area contributed by atoms with Crippen LogP contribution in [0.4, 0.5) is 0 Å². The molecule has 2 heterocycles. The van der Waals surface area contributed by atoms with E-state index in [4.69, 9.17) is 5.73 Å². The van der Waals surface area contributed by atoms with E-state index in [0.717, 1.165) is 37.9 Å². The van der Waals surface area contributed by atoms with Crippen LogP contribution in [0.2, 0.25) is 0 Å². The molecule has 2 bridgehead atoms. The summed E-state index contributed by atoms with van der Waals surface area (Å²) in [7, 11) is -0.864. The Morgan fingerprint density at radius 2 is 1.69 bits per heavy atom. The van der Waals surface area contributed by atoms with Crippen molar-refractivity contribution in [1.82, 2.24) is 4.90 Å². The Hall–Kier alpha value is -1.20. The van der Waals surface area contributed by atoms with Crippen molar-refractivity contribution in [2.24, 2.45) is 17.6 Å². The molecule has 1 aromatic carbocycles. The van der Waals surface area contributed by atoms with Crippen molar-refractivity contribution >= 4 is 16.7 Å². The van der Waals surface area contributed by atoms with Gasteiger partial charge in [-0.2, -0.15) is 0 Å². The highest BCUT2D eigenvalue weighted by Crippen LogP contribution is 2.42. The standard InChI is InChI=1S/C22H34N2O2S.C2H6/c1-22(2,3)27(26)15-18(11-16-7-5-4-6-8-16)17-12-19-9-10-20(13-17)24(19)21(25)14-23;1-2/h4-8,17-20H,9-15,23H2,1-3H3;1-2H3/t17?,18-,19-,20+,27+;/m0./s1. The first-order valence-electron chi connectivity index (χ1n) is 11.2. The molecule has 2 aliphatic rings. The summed E-state index contributed by atoms with van der Waals surface area (Å²) in [5.41, 5.74) is 6.95. The van der Waals surface area contributed by atoms with Crippen LogP contribution in [0.15, 0.2) is 30.3 Å².